The Morgan fingerprint density at radius 2 is 1.55 bits per heavy atom. The molecule has 9 heteroatoms. The summed E-state index contributed by atoms with van der Waals surface area (Å²) < 4.78 is 27.6. The highest BCUT2D eigenvalue weighted by Crippen LogP contribution is 2.43. The number of thioether (sulfide) groups is 2. The number of nitrogens with zero attached hydrogens (tertiary/aromatic N) is 2. The summed E-state index contributed by atoms with van der Waals surface area (Å²) >= 11 is 3.91. The zero-order valence-electron chi connectivity index (χ0n) is 17.5. The Balaban J connectivity index is 1.39. The molecule has 2 heterocycles. The van der Waals surface area contributed by atoms with Crippen LogP contribution in [0.1, 0.15) is 26.9 Å². The summed E-state index contributed by atoms with van der Waals surface area (Å²) in [5.41, 5.74) is 2.40. The zero-order chi connectivity index (χ0) is 21.8. The molecule has 31 heavy (non-hydrogen) atoms. The highest BCUT2D eigenvalue weighted by molar-refractivity contribution is 8.16. The Morgan fingerprint density at radius 3 is 2.16 bits per heavy atom. The molecule has 2 aliphatic rings. The number of carbonyl (C=O) groups excluding carboxylic acids is 1. The highest BCUT2D eigenvalue weighted by Gasteiger charge is 2.27. The molecular formula is C22H27N3O3S3. The third-order valence-electron chi connectivity index (χ3n) is 5.48. The molecule has 0 radical (unpaired) electrons. The molecule has 2 fully saturated rings. The Labute approximate surface area is 192 Å². The molecule has 0 unspecified atom stereocenters. The van der Waals surface area contributed by atoms with E-state index in [1.165, 1.54) is 27.8 Å². The molecule has 1 amide bonds. The van der Waals surface area contributed by atoms with Gasteiger partial charge in [-0.05, 0) is 66.9 Å². The van der Waals surface area contributed by atoms with E-state index in [-0.39, 0.29) is 10.8 Å². The first-order valence-electron chi connectivity index (χ1n) is 10.4. The minimum atomic E-state index is -3.51. The molecule has 0 saturated carbocycles. The van der Waals surface area contributed by atoms with Gasteiger partial charge in [-0.1, -0.05) is 12.1 Å². The second-order valence-corrected chi connectivity index (χ2v) is 12.4. The standard InChI is InChI=1S/C22H27N3O3S3/c1-24-11-13-25(14-12-24)31(27,28)20-9-7-19(8-10-20)23-21(26)17-3-5-18(6-4-17)22-29-15-2-16-30-22/h3-10,22H,2,11-16H2,1H3,(H,23,26). The number of anilines is 1. The molecule has 1 N–H and O–H groups in total. The van der Waals surface area contributed by atoms with E-state index in [1.54, 1.807) is 24.3 Å². The lowest BCUT2D eigenvalue weighted by Crippen LogP contribution is -2.46. The van der Waals surface area contributed by atoms with Crippen LogP contribution in [-0.4, -0.2) is 68.3 Å². The van der Waals surface area contributed by atoms with Gasteiger partial charge < -0.3 is 10.2 Å². The summed E-state index contributed by atoms with van der Waals surface area (Å²) in [6.07, 6.45) is 1.25. The molecule has 4 rings (SSSR count). The van der Waals surface area contributed by atoms with Gasteiger partial charge in [-0.25, -0.2) is 8.42 Å². The highest BCUT2D eigenvalue weighted by atomic mass is 32.2. The summed E-state index contributed by atoms with van der Waals surface area (Å²) in [5.74, 6) is 2.16. The molecule has 0 aromatic heterocycles. The lowest BCUT2D eigenvalue weighted by Gasteiger charge is -2.31. The molecule has 0 atom stereocenters. The number of sulfonamides is 1. The van der Waals surface area contributed by atoms with Crippen molar-refractivity contribution in [1.29, 1.82) is 0 Å². The number of hydrogen-bond donors (Lipinski definition) is 1. The monoisotopic (exact) mass is 477 g/mol. The van der Waals surface area contributed by atoms with Crippen LogP contribution < -0.4 is 5.32 Å². The van der Waals surface area contributed by atoms with E-state index < -0.39 is 10.0 Å². The van der Waals surface area contributed by atoms with Crippen molar-refractivity contribution in [3.05, 3.63) is 59.7 Å². The quantitative estimate of drug-likeness (QED) is 0.708. The van der Waals surface area contributed by atoms with Gasteiger partial charge in [0.2, 0.25) is 10.0 Å². The molecule has 0 bridgehead atoms. The van der Waals surface area contributed by atoms with Crippen LogP contribution in [0.4, 0.5) is 5.69 Å². The molecule has 2 saturated heterocycles. The van der Waals surface area contributed by atoms with Crippen LogP contribution in [0, 0.1) is 0 Å². The predicted octanol–water partition coefficient (Wildman–Crippen LogP) is 3.74. The maximum atomic E-state index is 12.8. The van der Waals surface area contributed by atoms with Gasteiger partial charge in [0.05, 0.1) is 9.48 Å². The van der Waals surface area contributed by atoms with Crippen LogP contribution in [0.3, 0.4) is 0 Å². The topological polar surface area (TPSA) is 69.7 Å². The average molecular weight is 478 g/mol. The van der Waals surface area contributed by atoms with Gasteiger partial charge in [0.15, 0.2) is 0 Å². The van der Waals surface area contributed by atoms with Crippen molar-refractivity contribution in [1.82, 2.24) is 9.21 Å². The fourth-order valence-corrected chi connectivity index (χ4v) is 7.88. The second-order valence-electron chi connectivity index (χ2n) is 7.73. The van der Waals surface area contributed by atoms with Crippen LogP contribution in [0.2, 0.25) is 0 Å². The molecule has 166 valence electrons. The molecule has 2 aromatic carbocycles. The lowest BCUT2D eigenvalue weighted by molar-refractivity contribution is 0.102. The third-order valence-corrected chi connectivity index (χ3v) is 10.4. The number of piperazine rings is 1. The van der Waals surface area contributed by atoms with E-state index in [1.807, 2.05) is 54.8 Å². The number of hydrogen-bond acceptors (Lipinski definition) is 6. The molecule has 0 aliphatic carbocycles. The first-order chi connectivity index (χ1) is 14.9. The van der Waals surface area contributed by atoms with E-state index in [4.69, 9.17) is 0 Å². The lowest BCUT2D eigenvalue weighted by atomic mass is 10.1. The van der Waals surface area contributed by atoms with Gasteiger partial charge in [0.1, 0.15) is 0 Å². The fraction of sp³-hybridized carbons (Fsp3) is 0.409. The normalized spacial score (nSPS) is 19.3. The summed E-state index contributed by atoms with van der Waals surface area (Å²) in [5, 5.41) is 2.86. The Morgan fingerprint density at radius 1 is 0.935 bits per heavy atom. The van der Waals surface area contributed by atoms with Crippen molar-refractivity contribution in [3.8, 4) is 0 Å². The SMILES string of the molecule is CN1CCN(S(=O)(=O)c2ccc(NC(=O)c3ccc(C4SCCCS4)cc3)cc2)CC1. The van der Waals surface area contributed by atoms with Crippen molar-refractivity contribution in [2.45, 2.75) is 15.9 Å². The Hall–Kier alpha value is -1.52. The van der Waals surface area contributed by atoms with E-state index in [0.29, 0.717) is 28.9 Å². The third kappa shape index (κ3) is 5.46. The van der Waals surface area contributed by atoms with Crippen LogP contribution >= 0.6 is 23.5 Å². The number of rotatable bonds is 5. The maximum absolute atomic E-state index is 12.8. The minimum absolute atomic E-state index is 0.204. The summed E-state index contributed by atoms with van der Waals surface area (Å²) in [6.45, 7) is 2.44. The fourth-order valence-electron chi connectivity index (χ4n) is 3.56. The number of nitrogens with one attached hydrogen (secondary N) is 1. The van der Waals surface area contributed by atoms with Crippen molar-refractivity contribution < 1.29 is 13.2 Å². The predicted molar refractivity (Wildman–Crippen MR) is 129 cm³/mol. The van der Waals surface area contributed by atoms with Gasteiger partial charge in [0, 0.05) is 37.4 Å². The second kappa shape index (κ2) is 9.95. The van der Waals surface area contributed by atoms with E-state index in [2.05, 4.69) is 10.2 Å². The van der Waals surface area contributed by atoms with Crippen molar-refractivity contribution >= 4 is 45.1 Å². The van der Waals surface area contributed by atoms with Crippen LogP contribution in [0.5, 0.6) is 0 Å². The van der Waals surface area contributed by atoms with Crippen LogP contribution in [0.15, 0.2) is 53.4 Å². The van der Waals surface area contributed by atoms with Crippen molar-refractivity contribution in [3.63, 3.8) is 0 Å². The number of likely N-dealkylation sites (N-methyl/N-ethyl adjacent to an activating group) is 1. The molecule has 2 aromatic rings. The number of carbonyl (C=O) groups is 1. The van der Waals surface area contributed by atoms with Crippen molar-refractivity contribution in [2.75, 3.05) is 50.0 Å². The number of benzene rings is 2. The van der Waals surface area contributed by atoms with Gasteiger partial charge in [-0.2, -0.15) is 4.31 Å². The summed E-state index contributed by atoms with van der Waals surface area (Å²) in [4.78, 5) is 15.0. The first kappa shape index (κ1) is 22.7. The van der Waals surface area contributed by atoms with Gasteiger partial charge in [-0.3, -0.25) is 4.79 Å². The van der Waals surface area contributed by atoms with Gasteiger partial charge in [0.25, 0.3) is 5.91 Å². The summed E-state index contributed by atoms with van der Waals surface area (Å²) in [7, 11) is -1.52. The Bertz CT molecular complexity index is 997. The van der Waals surface area contributed by atoms with E-state index in [9.17, 15) is 13.2 Å². The largest absolute Gasteiger partial charge is 0.322 e. The van der Waals surface area contributed by atoms with Gasteiger partial charge in [-0.15, -0.1) is 23.5 Å². The number of amides is 1. The Kier molecular flexibility index (Phi) is 7.28. The minimum Gasteiger partial charge on any atom is -0.322 e. The average Bonchev–Trinajstić information content (AvgIpc) is 2.80. The first-order valence-corrected chi connectivity index (χ1v) is 13.9. The van der Waals surface area contributed by atoms with Crippen molar-refractivity contribution in [2.24, 2.45) is 0 Å². The smallest absolute Gasteiger partial charge is 0.255 e. The zero-order valence-corrected chi connectivity index (χ0v) is 19.9. The van der Waals surface area contributed by atoms with Gasteiger partial charge >= 0.3 is 0 Å². The van der Waals surface area contributed by atoms with Crippen LogP contribution in [-0.2, 0) is 10.0 Å². The van der Waals surface area contributed by atoms with E-state index in [0.717, 1.165) is 13.1 Å². The summed E-state index contributed by atoms with van der Waals surface area (Å²) in [6, 6.07) is 14.2. The van der Waals surface area contributed by atoms with Crippen LogP contribution in [0.25, 0.3) is 0 Å². The maximum Gasteiger partial charge on any atom is 0.255 e. The van der Waals surface area contributed by atoms with E-state index >= 15 is 0 Å². The molecular weight excluding hydrogens is 450 g/mol. The molecule has 2 aliphatic heterocycles. The molecule has 0 spiro atoms. The molecule has 6 nitrogen and oxygen atoms in total.